The second-order valence-corrected chi connectivity index (χ2v) is 5.54. The molecule has 0 aliphatic heterocycles. The summed E-state index contributed by atoms with van der Waals surface area (Å²) in [6, 6.07) is 9.77. The summed E-state index contributed by atoms with van der Waals surface area (Å²) in [6.45, 7) is 6.41. The van der Waals surface area contributed by atoms with E-state index < -0.39 is 0 Å². The molecule has 0 aliphatic carbocycles. The van der Waals surface area contributed by atoms with Gasteiger partial charge in [0, 0.05) is 6.54 Å². The van der Waals surface area contributed by atoms with Crippen LogP contribution in [0.25, 0.3) is 5.69 Å². The van der Waals surface area contributed by atoms with Crippen LogP contribution in [-0.4, -0.2) is 27.8 Å². The molecule has 22 heavy (non-hydrogen) atoms. The number of amides is 1. The Labute approximate surface area is 131 Å². The van der Waals surface area contributed by atoms with Gasteiger partial charge in [-0.2, -0.15) is 5.10 Å². The van der Waals surface area contributed by atoms with Crippen LogP contribution in [0.5, 0.6) is 0 Å². The van der Waals surface area contributed by atoms with Crippen LogP contribution in [-0.2, 0) is 0 Å². The van der Waals surface area contributed by atoms with E-state index in [9.17, 15) is 4.79 Å². The molecule has 0 unspecified atom stereocenters. The number of benzene rings is 1. The third-order valence-corrected chi connectivity index (χ3v) is 4.38. The van der Waals surface area contributed by atoms with Crippen molar-refractivity contribution >= 4 is 5.91 Å². The van der Waals surface area contributed by atoms with Crippen LogP contribution < -0.4 is 11.1 Å². The molecular formula is C17H24N4O. The maximum Gasteiger partial charge on any atom is 0.255 e. The van der Waals surface area contributed by atoms with E-state index >= 15 is 0 Å². The van der Waals surface area contributed by atoms with Crippen molar-refractivity contribution in [1.29, 1.82) is 0 Å². The molecule has 1 heterocycles. The van der Waals surface area contributed by atoms with E-state index in [2.05, 4.69) is 10.4 Å². The van der Waals surface area contributed by atoms with E-state index in [1.807, 2.05) is 51.1 Å². The summed E-state index contributed by atoms with van der Waals surface area (Å²) in [5, 5.41) is 7.42. The number of rotatable bonds is 6. The molecule has 0 bridgehead atoms. The number of hydrogen-bond acceptors (Lipinski definition) is 3. The van der Waals surface area contributed by atoms with Crippen LogP contribution in [0.2, 0.25) is 0 Å². The highest BCUT2D eigenvalue weighted by atomic mass is 16.1. The molecular weight excluding hydrogens is 276 g/mol. The zero-order valence-electron chi connectivity index (χ0n) is 13.5. The molecule has 5 heteroatoms. The van der Waals surface area contributed by atoms with Gasteiger partial charge in [-0.1, -0.05) is 32.0 Å². The molecule has 0 fully saturated rings. The summed E-state index contributed by atoms with van der Waals surface area (Å²) < 4.78 is 1.77. The number of carbonyl (C=O) groups excluding carboxylic acids is 1. The van der Waals surface area contributed by atoms with Crippen LogP contribution in [0.4, 0.5) is 0 Å². The molecule has 2 rings (SSSR count). The van der Waals surface area contributed by atoms with Crippen molar-refractivity contribution in [2.45, 2.75) is 39.2 Å². The van der Waals surface area contributed by atoms with Crippen LogP contribution in [0.3, 0.4) is 0 Å². The molecule has 0 radical (unpaired) electrons. The smallest absolute Gasteiger partial charge is 0.255 e. The van der Waals surface area contributed by atoms with Gasteiger partial charge in [-0.3, -0.25) is 4.79 Å². The first-order valence-corrected chi connectivity index (χ1v) is 7.69. The quantitative estimate of drug-likeness (QED) is 0.860. The minimum atomic E-state index is -0.349. The predicted molar refractivity (Wildman–Crippen MR) is 88.1 cm³/mol. The third-order valence-electron chi connectivity index (χ3n) is 4.38. The monoisotopic (exact) mass is 300 g/mol. The van der Waals surface area contributed by atoms with Gasteiger partial charge >= 0.3 is 0 Å². The van der Waals surface area contributed by atoms with Crippen LogP contribution >= 0.6 is 0 Å². The van der Waals surface area contributed by atoms with Gasteiger partial charge < -0.3 is 11.1 Å². The van der Waals surface area contributed by atoms with E-state index in [0.29, 0.717) is 12.1 Å². The van der Waals surface area contributed by atoms with Crippen LogP contribution in [0.1, 0.15) is 42.7 Å². The first-order valence-electron chi connectivity index (χ1n) is 7.69. The number of nitrogens with zero attached hydrogens (tertiary/aromatic N) is 2. The fourth-order valence-electron chi connectivity index (χ4n) is 2.54. The van der Waals surface area contributed by atoms with Crippen molar-refractivity contribution < 1.29 is 4.79 Å². The van der Waals surface area contributed by atoms with Crippen molar-refractivity contribution in [2.75, 3.05) is 6.54 Å². The molecule has 118 valence electrons. The first-order chi connectivity index (χ1) is 10.6. The van der Waals surface area contributed by atoms with Gasteiger partial charge in [-0.05, 0) is 31.9 Å². The molecule has 5 nitrogen and oxygen atoms in total. The topological polar surface area (TPSA) is 72.9 Å². The number of nitrogens with one attached hydrogen (secondary N) is 1. The SMILES string of the molecule is CCC(CC)(CN)NC(=O)c1cnn(-c2ccccc2)c1C. The highest BCUT2D eigenvalue weighted by Crippen LogP contribution is 2.17. The highest BCUT2D eigenvalue weighted by Gasteiger charge is 2.28. The van der Waals surface area contributed by atoms with Crippen molar-refractivity contribution in [2.24, 2.45) is 5.73 Å². The Morgan fingerprint density at radius 3 is 2.45 bits per heavy atom. The number of carbonyl (C=O) groups is 1. The molecule has 1 aromatic heterocycles. The molecule has 0 saturated heterocycles. The molecule has 0 saturated carbocycles. The predicted octanol–water partition coefficient (Wildman–Crippen LogP) is 2.43. The van der Waals surface area contributed by atoms with Crippen LogP contribution in [0, 0.1) is 6.92 Å². The Morgan fingerprint density at radius 2 is 1.91 bits per heavy atom. The number of hydrogen-bond donors (Lipinski definition) is 2. The minimum Gasteiger partial charge on any atom is -0.345 e. The van der Waals surface area contributed by atoms with Gasteiger partial charge in [-0.25, -0.2) is 4.68 Å². The number of para-hydroxylation sites is 1. The minimum absolute atomic E-state index is 0.117. The standard InChI is InChI=1S/C17H24N4O/c1-4-17(5-2,12-18)20-16(22)15-11-19-21(13(15)3)14-9-7-6-8-10-14/h6-11H,4-5,12,18H2,1-3H3,(H,20,22). The van der Waals surface area contributed by atoms with E-state index in [0.717, 1.165) is 24.2 Å². The zero-order valence-corrected chi connectivity index (χ0v) is 13.5. The Morgan fingerprint density at radius 1 is 1.27 bits per heavy atom. The zero-order chi connectivity index (χ0) is 16.2. The van der Waals surface area contributed by atoms with Gasteiger partial charge in [0.1, 0.15) is 0 Å². The fraction of sp³-hybridized carbons (Fsp3) is 0.412. The van der Waals surface area contributed by atoms with E-state index in [1.54, 1.807) is 10.9 Å². The van der Waals surface area contributed by atoms with Gasteiger partial charge in [-0.15, -0.1) is 0 Å². The maximum absolute atomic E-state index is 12.6. The van der Waals surface area contributed by atoms with Gasteiger partial charge in [0.25, 0.3) is 5.91 Å². The second-order valence-electron chi connectivity index (χ2n) is 5.54. The summed E-state index contributed by atoms with van der Waals surface area (Å²) in [5.41, 5.74) is 7.85. The van der Waals surface area contributed by atoms with Gasteiger partial charge in [0.2, 0.25) is 0 Å². The van der Waals surface area contributed by atoms with Crippen molar-refractivity contribution in [3.05, 3.63) is 47.8 Å². The Hall–Kier alpha value is -2.14. The van der Waals surface area contributed by atoms with Gasteiger partial charge in [0.05, 0.1) is 28.7 Å². The summed E-state index contributed by atoms with van der Waals surface area (Å²) in [6.07, 6.45) is 3.22. The van der Waals surface area contributed by atoms with Gasteiger partial charge in [0.15, 0.2) is 0 Å². The fourth-order valence-corrected chi connectivity index (χ4v) is 2.54. The largest absolute Gasteiger partial charge is 0.345 e. The third kappa shape index (κ3) is 3.04. The van der Waals surface area contributed by atoms with E-state index in [-0.39, 0.29) is 11.4 Å². The number of nitrogens with two attached hydrogens (primary N) is 1. The number of aromatic nitrogens is 2. The van der Waals surface area contributed by atoms with Crippen molar-refractivity contribution in [3.63, 3.8) is 0 Å². The van der Waals surface area contributed by atoms with E-state index in [1.165, 1.54) is 0 Å². The second kappa shape index (κ2) is 6.75. The summed E-state index contributed by atoms with van der Waals surface area (Å²) in [7, 11) is 0. The lowest BCUT2D eigenvalue weighted by Gasteiger charge is -2.31. The summed E-state index contributed by atoms with van der Waals surface area (Å²) in [5.74, 6) is -0.117. The van der Waals surface area contributed by atoms with Crippen molar-refractivity contribution in [3.8, 4) is 5.69 Å². The molecule has 3 N–H and O–H groups in total. The lowest BCUT2D eigenvalue weighted by molar-refractivity contribution is 0.0894. The van der Waals surface area contributed by atoms with Crippen molar-refractivity contribution in [1.82, 2.24) is 15.1 Å². The summed E-state index contributed by atoms with van der Waals surface area (Å²) >= 11 is 0. The Bertz CT molecular complexity index is 621. The Kier molecular flexibility index (Phi) is 4.98. The van der Waals surface area contributed by atoms with Crippen LogP contribution in [0.15, 0.2) is 36.5 Å². The van der Waals surface area contributed by atoms with E-state index in [4.69, 9.17) is 5.73 Å². The molecule has 2 aromatic rings. The summed E-state index contributed by atoms with van der Waals surface area (Å²) in [4.78, 5) is 12.6. The lowest BCUT2D eigenvalue weighted by Crippen LogP contribution is -2.52. The first kappa shape index (κ1) is 16.2. The molecule has 0 aliphatic rings. The molecule has 0 atom stereocenters. The highest BCUT2D eigenvalue weighted by molar-refractivity contribution is 5.95. The average molecular weight is 300 g/mol. The maximum atomic E-state index is 12.6. The molecule has 1 amide bonds. The lowest BCUT2D eigenvalue weighted by atomic mass is 9.92. The normalized spacial score (nSPS) is 11.5. The average Bonchev–Trinajstić information content (AvgIpc) is 2.95. The molecule has 0 spiro atoms. The Balaban J connectivity index is 2.27. The molecule has 1 aromatic carbocycles.